The monoisotopic (exact) mass is 253 g/mol. The van der Waals surface area contributed by atoms with Crippen LogP contribution >= 0.6 is 0 Å². The molecule has 0 aliphatic rings. The van der Waals surface area contributed by atoms with Gasteiger partial charge in [-0.3, -0.25) is 0 Å². The van der Waals surface area contributed by atoms with E-state index in [1.54, 1.807) is 48.5 Å². The molecule has 4 nitrogen and oxygen atoms in total. The van der Waals surface area contributed by atoms with Crippen molar-refractivity contribution in [1.82, 2.24) is 4.98 Å². The normalized spacial score (nSPS) is 10.5. The first kappa shape index (κ1) is 11.3. The highest BCUT2D eigenvalue weighted by Gasteiger charge is 2.13. The number of oxazole rings is 1. The Balaban J connectivity index is 2.06. The van der Waals surface area contributed by atoms with Crippen LogP contribution in [0.4, 0.5) is 0 Å². The van der Waals surface area contributed by atoms with Gasteiger partial charge in [-0.1, -0.05) is 24.3 Å². The summed E-state index contributed by atoms with van der Waals surface area (Å²) in [6.45, 7) is 0. The summed E-state index contributed by atoms with van der Waals surface area (Å²) < 4.78 is 5.59. The number of nitrogens with zero attached hydrogens (tertiary/aromatic N) is 1. The first-order valence-electron chi connectivity index (χ1n) is 5.78. The van der Waals surface area contributed by atoms with Gasteiger partial charge < -0.3 is 14.6 Å². The maximum absolute atomic E-state index is 9.76. The summed E-state index contributed by atoms with van der Waals surface area (Å²) >= 11 is 0. The Kier molecular flexibility index (Phi) is 2.68. The maximum atomic E-state index is 9.76. The quantitative estimate of drug-likeness (QED) is 0.734. The second-order valence-corrected chi connectivity index (χ2v) is 4.06. The Labute approximate surface area is 109 Å². The minimum Gasteiger partial charge on any atom is -0.507 e. The number of para-hydroxylation sites is 2. The topological polar surface area (TPSA) is 66.5 Å². The average molecular weight is 253 g/mol. The van der Waals surface area contributed by atoms with Crippen LogP contribution in [-0.4, -0.2) is 15.2 Å². The summed E-state index contributed by atoms with van der Waals surface area (Å²) in [5, 5.41) is 19.5. The second kappa shape index (κ2) is 4.49. The van der Waals surface area contributed by atoms with Crippen LogP contribution in [0.3, 0.4) is 0 Å². The molecule has 2 N–H and O–H groups in total. The third-order valence-electron chi connectivity index (χ3n) is 2.81. The van der Waals surface area contributed by atoms with Gasteiger partial charge in [0.2, 0.25) is 5.89 Å². The summed E-state index contributed by atoms with van der Waals surface area (Å²) in [5.41, 5.74) is 1.08. The Morgan fingerprint density at radius 3 is 2.00 bits per heavy atom. The lowest BCUT2D eigenvalue weighted by molar-refractivity contribution is 0.471. The highest BCUT2D eigenvalue weighted by molar-refractivity contribution is 5.68. The molecule has 0 unspecified atom stereocenters. The molecule has 3 rings (SSSR count). The fourth-order valence-electron chi connectivity index (χ4n) is 1.86. The minimum absolute atomic E-state index is 0.105. The summed E-state index contributed by atoms with van der Waals surface area (Å²) in [6.07, 6.45) is 1.52. The molecule has 0 fully saturated rings. The highest BCUT2D eigenvalue weighted by Crippen LogP contribution is 2.34. The molecular formula is C15H11NO3. The number of aromatic nitrogens is 1. The molecule has 0 bridgehead atoms. The second-order valence-electron chi connectivity index (χ2n) is 4.06. The van der Waals surface area contributed by atoms with Crippen molar-refractivity contribution in [2.24, 2.45) is 0 Å². The van der Waals surface area contributed by atoms with E-state index in [1.165, 1.54) is 6.20 Å². The van der Waals surface area contributed by atoms with Gasteiger partial charge in [0.05, 0.1) is 17.3 Å². The molecule has 0 saturated carbocycles. The highest BCUT2D eigenvalue weighted by atomic mass is 16.4. The van der Waals surface area contributed by atoms with Crippen molar-refractivity contribution in [3.05, 3.63) is 54.7 Å². The summed E-state index contributed by atoms with van der Waals surface area (Å²) in [4.78, 5) is 4.13. The van der Waals surface area contributed by atoms with Crippen LogP contribution in [0, 0.1) is 0 Å². The fraction of sp³-hybridized carbons (Fsp3) is 0. The van der Waals surface area contributed by atoms with Gasteiger partial charge in [-0.15, -0.1) is 0 Å². The third kappa shape index (κ3) is 2.04. The molecule has 1 aromatic heterocycles. The first-order chi connectivity index (χ1) is 9.25. The molecule has 4 heteroatoms. The smallest absolute Gasteiger partial charge is 0.230 e. The third-order valence-corrected chi connectivity index (χ3v) is 2.81. The predicted octanol–water partition coefficient (Wildman–Crippen LogP) is 3.42. The number of aromatic hydroxyl groups is 2. The van der Waals surface area contributed by atoms with E-state index in [9.17, 15) is 10.2 Å². The van der Waals surface area contributed by atoms with Crippen LogP contribution in [0.15, 0.2) is 59.1 Å². The number of phenols is 2. The molecule has 0 aliphatic carbocycles. The summed E-state index contributed by atoms with van der Waals surface area (Å²) in [7, 11) is 0. The van der Waals surface area contributed by atoms with E-state index in [-0.39, 0.29) is 11.5 Å². The SMILES string of the molecule is Oc1ccccc1-c1cnc(-c2ccccc2O)o1. The van der Waals surface area contributed by atoms with E-state index in [0.717, 1.165) is 0 Å². The Morgan fingerprint density at radius 2 is 1.37 bits per heavy atom. The van der Waals surface area contributed by atoms with Gasteiger partial charge in [-0.2, -0.15) is 0 Å². The van der Waals surface area contributed by atoms with Crippen LogP contribution in [-0.2, 0) is 0 Å². The molecule has 0 saturated heterocycles. The summed E-state index contributed by atoms with van der Waals surface area (Å²) in [5.74, 6) is 1.00. The number of hydrogen-bond donors (Lipinski definition) is 2. The molecule has 1 heterocycles. The van der Waals surface area contributed by atoms with E-state index < -0.39 is 0 Å². The molecular weight excluding hydrogens is 242 g/mol. The molecule has 2 aromatic carbocycles. The number of hydrogen-bond acceptors (Lipinski definition) is 4. The Morgan fingerprint density at radius 1 is 0.789 bits per heavy atom. The van der Waals surface area contributed by atoms with Gasteiger partial charge in [-0.05, 0) is 24.3 Å². The van der Waals surface area contributed by atoms with Crippen molar-refractivity contribution in [1.29, 1.82) is 0 Å². The standard InChI is InChI=1S/C15H11NO3/c17-12-7-3-1-5-10(12)14-9-16-15(19-14)11-6-2-4-8-13(11)18/h1-9,17-18H. The maximum Gasteiger partial charge on any atom is 0.230 e. The van der Waals surface area contributed by atoms with Crippen molar-refractivity contribution >= 4 is 0 Å². The van der Waals surface area contributed by atoms with Crippen LogP contribution in [0.25, 0.3) is 22.8 Å². The lowest BCUT2D eigenvalue weighted by atomic mass is 10.2. The average Bonchev–Trinajstić information content (AvgIpc) is 2.89. The van der Waals surface area contributed by atoms with Crippen molar-refractivity contribution in [3.8, 4) is 34.3 Å². The lowest BCUT2D eigenvalue weighted by Crippen LogP contribution is -1.77. The molecule has 0 radical (unpaired) electrons. The Hall–Kier alpha value is -2.75. The van der Waals surface area contributed by atoms with Crippen LogP contribution in [0.2, 0.25) is 0 Å². The van der Waals surface area contributed by atoms with Crippen molar-refractivity contribution < 1.29 is 14.6 Å². The van der Waals surface area contributed by atoms with Gasteiger partial charge in [-0.25, -0.2) is 4.98 Å². The van der Waals surface area contributed by atoms with Crippen molar-refractivity contribution in [2.75, 3.05) is 0 Å². The minimum atomic E-state index is 0.105. The number of benzene rings is 2. The van der Waals surface area contributed by atoms with Crippen LogP contribution < -0.4 is 0 Å². The van der Waals surface area contributed by atoms with E-state index >= 15 is 0 Å². The molecule has 19 heavy (non-hydrogen) atoms. The van der Waals surface area contributed by atoms with Gasteiger partial charge >= 0.3 is 0 Å². The molecule has 3 aromatic rings. The zero-order chi connectivity index (χ0) is 13.2. The van der Waals surface area contributed by atoms with Gasteiger partial charge in [0.25, 0.3) is 0 Å². The van der Waals surface area contributed by atoms with E-state index in [4.69, 9.17) is 4.42 Å². The predicted molar refractivity (Wildman–Crippen MR) is 70.7 cm³/mol. The van der Waals surface area contributed by atoms with E-state index in [0.29, 0.717) is 22.8 Å². The van der Waals surface area contributed by atoms with E-state index in [1.807, 2.05) is 0 Å². The van der Waals surface area contributed by atoms with Gasteiger partial charge in [0.15, 0.2) is 5.76 Å². The van der Waals surface area contributed by atoms with Crippen LogP contribution in [0.5, 0.6) is 11.5 Å². The number of phenolic OH excluding ortho intramolecular Hbond substituents is 2. The van der Waals surface area contributed by atoms with Gasteiger partial charge in [0, 0.05) is 0 Å². The van der Waals surface area contributed by atoms with E-state index in [2.05, 4.69) is 4.98 Å². The summed E-state index contributed by atoms with van der Waals surface area (Å²) in [6, 6.07) is 13.7. The van der Waals surface area contributed by atoms with Crippen LogP contribution in [0.1, 0.15) is 0 Å². The molecule has 0 spiro atoms. The fourth-order valence-corrected chi connectivity index (χ4v) is 1.86. The molecule has 0 atom stereocenters. The Bertz CT molecular complexity index is 659. The lowest BCUT2D eigenvalue weighted by Gasteiger charge is -2.00. The zero-order valence-corrected chi connectivity index (χ0v) is 9.95. The largest absolute Gasteiger partial charge is 0.507 e. The van der Waals surface area contributed by atoms with Gasteiger partial charge in [0.1, 0.15) is 11.5 Å². The number of rotatable bonds is 2. The first-order valence-corrected chi connectivity index (χ1v) is 5.78. The molecule has 0 amide bonds. The molecule has 94 valence electrons. The van der Waals surface area contributed by atoms with Crippen molar-refractivity contribution in [3.63, 3.8) is 0 Å². The molecule has 0 aliphatic heterocycles. The zero-order valence-electron chi connectivity index (χ0n) is 9.95. The van der Waals surface area contributed by atoms with Crippen molar-refractivity contribution in [2.45, 2.75) is 0 Å².